The van der Waals surface area contributed by atoms with Crippen LogP contribution in [0.5, 0.6) is 5.75 Å². The highest BCUT2D eigenvalue weighted by Crippen LogP contribution is 2.25. The maximum atomic E-state index is 11.6. The first-order chi connectivity index (χ1) is 10.1. The number of nitrogens with one attached hydrogen (secondary N) is 2. The number of carbonyl (C=O) groups is 1. The van der Waals surface area contributed by atoms with Crippen LogP contribution in [0.25, 0.3) is 0 Å². The first-order valence-corrected chi connectivity index (χ1v) is 7.47. The van der Waals surface area contributed by atoms with Crippen LogP contribution in [0.2, 0.25) is 5.02 Å². The van der Waals surface area contributed by atoms with Gasteiger partial charge in [0.1, 0.15) is 5.75 Å². The third-order valence-electron chi connectivity index (χ3n) is 3.40. The van der Waals surface area contributed by atoms with Gasteiger partial charge >= 0.3 is 6.03 Å². The number of amides is 2. The van der Waals surface area contributed by atoms with Crippen molar-refractivity contribution in [1.29, 1.82) is 0 Å². The number of halogens is 1. The van der Waals surface area contributed by atoms with Gasteiger partial charge in [-0.05, 0) is 49.9 Å². The molecule has 1 atom stereocenters. The number of urea groups is 1. The van der Waals surface area contributed by atoms with Crippen molar-refractivity contribution in [3.8, 4) is 5.75 Å². The van der Waals surface area contributed by atoms with Crippen LogP contribution in [0, 0.1) is 13.8 Å². The van der Waals surface area contributed by atoms with Crippen molar-refractivity contribution in [3.63, 3.8) is 0 Å². The quantitative estimate of drug-likeness (QED) is 0.822. The van der Waals surface area contributed by atoms with Gasteiger partial charge < -0.3 is 20.1 Å². The molecule has 116 valence electrons. The van der Waals surface area contributed by atoms with Crippen molar-refractivity contribution in [2.45, 2.75) is 32.8 Å². The highest BCUT2D eigenvalue weighted by Gasteiger charge is 2.15. The summed E-state index contributed by atoms with van der Waals surface area (Å²) in [6.45, 7) is 5.27. The summed E-state index contributed by atoms with van der Waals surface area (Å²) < 4.78 is 10.9. The molecule has 5 nitrogen and oxygen atoms in total. The number of carbonyl (C=O) groups excluding carboxylic acids is 1. The summed E-state index contributed by atoms with van der Waals surface area (Å²) in [4.78, 5) is 11.6. The molecule has 1 aromatic rings. The predicted molar refractivity (Wildman–Crippen MR) is 81.9 cm³/mol. The molecule has 2 rings (SSSR count). The third kappa shape index (κ3) is 4.79. The van der Waals surface area contributed by atoms with E-state index < -0.39 is 0 Å². The van der Waals surface area contributed by atoms with E-state index in [2.05, 4.69) is 10.6 Å². The van der Waals surface area contributed by atoms with Gasteiger partial charge in [-0.25, -0.2) is 4.79 Å². The number of ether oxygens (including phenoxy) is 2. The third-order valence-corrected chi connectivity index (χ3v) is 3.99. The molecule has 0 bridgehead atoms. The summed E-state index contributed by atoms with van der Waals surface area (Å²) in [6, 6.07) is 3.44. The molecule has 1 fully saturated rings. The molecule has 1 aromatic carbocycles. The van der Waals surface area contributed by atoms with Crippen molar-refractivity contribution in [2.75, 3.05) is 19.9 Å². The zero-order valence-corrected chi connectivity index (χ0v) is 13.1. The Hall–Kier alpha value is -1.46. The molecule has 0 aliphatic carbocycles. The molecule has 1 heterocycles. The van der Waals surface area contributed by atoms with Gasteiger partial charge in [0.05, 0.1) is 6.10 Å². The van der Waals surface area contributed by atoms with Gasteiger partial charge in [0, 0.05) is 18.2 Å². The maximum absolute atomic E-state index is 11.6. The van der Waals surface area contributed by atoms with Crippen LogP contribution in [0.1, 0.15) is 24.0 Å². The van der Waals surface area contributed by atoms with E-state index in [0.29, 0.717) is 12.3 Å². The summed E-state index contributed by atoms with van der Waals surface area (Å²) in [7, 11) is 0. The fourth-order valence-corrected chi connectivity index (χ4v) is 2.36. The fraction of sp³-hybridized carbons (Fsp3) is 0.533. The molecule has 1 aliphatic heterocycles. The molecular weight excluding hydrogens is 292 g/mol. The van der Waals surface area contributed by atoms with Gasteiger partial charge in [0.2, 0.25) is 0 Å². The Balaban J connectivity index is 1.69. The van der Waals surface area contributed by atoms with Gasteiger partial charge in [0.25, 0.3) is 0 Å². The maximum Gasteiger partial charge on any atom is 0.317 e. The smallest absolute Gasteiger partial charge is 0.317 e. The van der Waals surface area contributed by atoms with Crippen LogP contribution < -0.4 is 15.4 Å². The second kappa shape index (κ2) is 7.52. The van der Waals surface area contributed by atoms with E-state index in [-0.39, 0.29) is 18.9 Å². The van der Waals surface area contributed by atoms with E-state index in [1.165, 1.54) is 0 Å². The highest BCUT2D eigenvalue weighted by molar-refractivity contribution is 6.32. The highest BCUT2D eigenvalue weighted by atomic mass is 35.5. The van der Waals surface area contributed by atoms with Crippen LogP contribution in [0.15, 0.2) is 12.1 Å². The van der Waals surface area contributed by atoms with Crippen molar-refractivity contribution < 1.29 is 14.3 Å². The minimum atomic E-state index is -0.257. The van der Waals surface area contributed by atoms with Gasteiger partial charge in [-0.15, -0.1) is 0 Å². The Morgan fingerprint density at radius 2 is 2.10 bits per heavy atom. The normalized spacial score (nSPS) is 17.6. The van der Waals surface area contributed by atoms with Gasteiger partial charge in [-0.3, -0.25) is 0 Å². The Morgan fingerprint density at radius 3 is 2.71 bits per heavy atom. The summed E-state index contributed by atoms with van der Waals surface area (Å²) in [5, 5.41) is 6.15. The molecule has 0 aromatic heterocycles. The largest absolute Gasteiger partial charge is 0.473 e. The van der Waals surface area contributed by atoms with Crippen LogP contribution in [0.4, 0.5) is 4.79 Å². The lowest BCUT2D eigenvalue weighted by molar-refractivity contribution is 0.111. The number of aryl methyl sites for hydroxylation is 2. The molecule has 1 unspecified atom stereocenters. The Labute approximate surface area is 130 Å². The molecule has 0 saturated carbocycles. The van der Waals surface area contributed by atoms with Crippen molar-refractivity contribution in [2.24, 2.45) is 0 Å². The Bertz CT molecular complexity index is 479. The van der Waals surface area contributed by atoms with Crippen LogP contribution in [0.3, 0.4) is 0 Å². The van der Waals surface area contributed by atoms with Gasteiger partial charge in [0.15, 0.2) is 6.73 Å². The summed E-state index contributed by atoms with van der Waals surface area (Å²) in [5.41, 5.74) is 1.91. The molecule has 21 heavy (non-hydrogen) atoms. The average molecular weight is 313 g/mol. The lowest BCUT2D eigenvalue weighted by Crippen LogP contribution is -2.41. The van der Waals surface area contributed by atoms with Crippen LogP contribution in [-0.4, -0.2) is 32.0 Å². The van der Waals surface area contributed by atoms with E-state index in [1.807, 2.05) is 26.0 Å². The zero-order chi connectivity index (χ0) is 15.2. The Kier molecular flexibility index (Phi) is 5.70. The van der Waals surface area contributed by atoms with Gasteiger partial charge in [-0.2, -0.15) is 0 Å². The zero-order valence-electron chi connectivity index (χ0n) is 12.4. The van der Waals surface area contributed by atoms with Crippen molar-refractivity contribution in [1.82, 2.24) is 10.6 Å². The molecule has 0 spiro atoms. The molecule has 2 amide bonds. The molecule has 1 aliphatic rings. The lowest BCUT2D eigenvalue weighted by atomic mass is 10.1. The van der Waals surface area contributed by atoms with E-state index in [1.54, 1.807) is 0 Å². The van der Waals surface area contributed by atoms with E-state index in [4.69, 9.17) is 21.1 Å². The molecular formula is C15H21ClN2O3. The summed E-state index contributed by atoms with van der Waals surface area (Å²) in [6.07, 6.45) is 2.20. The molecule has 0 radical (unpaired) electrons. The average Bonchev–Trinajstić information content (AvgIpc) is 2.96. The summed E-state index contributed by atoms with van der Waals surface area (Å²) in [5.74, 6) is 0.689. The SMILES string of the molecule is Cc1cc(OCNC(=O)NCC2CCCO2)cc(C)c1Cl. The standard InChI is InChI=1S/C15H21ClN2O3/c1-10-6-13(7-11(2)14(10)16)21-9-18-15(19)17-8-12-4-3-5-20-12/h6-7,12H,3-5,8-9H2,1-2H3,(H2,17,18,19). The molecule has 1 saturated heterocycles. The molecule has 2 N–H and O–H groups in total. The lowest BCUT2D eigenvalue weighted by Gasteiger charge is -2.13. The number of rotatable bonds is 5. The minimum absolute atomic E-state index is 0.109. The first-order valence-electron chi connectivity index (χ1n) is 7.09. The summed E-state index contributed by atoms with van der Waals surface area (Å²) >= 11 is 6.09. The van der Waals surface area contributed by atoms with Gasteiger partial charge in [-0.1, -0.05) is 11.6 Å². The topological polar surface area (TPSA) is 59.6 Å². The van der Waals surface area contributed by atoms with E-state index >= 15 is 0 Å². The van der Waals surface area contributed by atoms with Crippen LogP contribution >= 0.6 is 11.6 Å². The molecule has 6 heteroatoms. The number of hydrogen-bond acceptors (Lipinski definition) is 3. The second-order valence-corrected chi connectivity index (χ2v) is 5.56. The second-order valence-electron chi connectivity index (χ2n) is 5.18. The Morgan fingerprint density at radius 1 is 1.38 bits per heavy atom. The van der Waals surface area contributed by atoms with E-state index in [9.17, 15) is 4.79 Å². The number of benzene rings is 1. The first kappa shape index (κ1) is 15.9. The van der Waals surface area contributed by atoms with Crippen molar-refractivity contribution >= 4 is 17.6 Å². The predicted octanol–water partition coefficient (Wildman–Crippen LogP) is 2.77. The van der Waals surface area contributed by atoms with Crippen LogP contribution in [-0.2, 0) is 4.74 Å². The monoisotopic (exact) mass is 312 g/mol. The van der Waals surface area contributed by atoms with E-state index in [0.717, 1.165) is 35.6 Å². The number of hydrogen-bond donors (Lipinski definition) is 2. The fourth-order valence-electron chi connectivity index (χ4n) is 2.25. The van der Waals surface area contributed by atoms with Crippen molar-refractivity contribution in [3.05, 3.63) is 28.3 Å². The minimum Gasteiger partial charge on any atom is -0.473 e.